The highest BCUT2D eigenvalue weighted by atomic mass is 15.1. The molecule has 47 heavy (non-hydrogen) atoms. The first-order valence-electron chi connectivity index (χ1n) is 16.0. The van der Waals surface area contributed by atoms with E-state index in [2.05, 4.69) is 174 Å². The van der Waals surface area contributed by atoms with Gasteiger partial charge in [0.25, 0.3) is 0 Å². The van der Waals surface area contributed by atoms with Crippen LogP contribution < -0.4 is 4.90 Å². The molecule has 0 atom stereocenters. The van der Waals surface area contributed by atoms with Crippen LogP contribution in [0.25, 0.3) is 66.0 Å². The summed E-state index contributed by atoms with van der Waals surface area (Å²) >= 11 is 0. The molecule has 0 saturated carbocycles. The Morgan fingerprint density at radius 1 is 0.574 bits per heavy atom. The van der Waals surface area contributed by atoms with E-state index in [1.165, 1.54) is 43.6 Å². The molecular weight excluding hydrogens is 571 g/mol. The number of aromatic nitrogens is 2. The van der Waals surface area contributed by atoms with E-state index in [9.17, 15) is 0 Å². The summed E-state index contributed by atoms with van der Waals surface area (Å²) in [7, 11) is 0. The highest BCUT2D eigenvalue weighted by molar-refractivity contribution is 6.14. The van der Waals surface area contributed by atoms with Gasteiger partial charge in [-0.05, 0) is 93.9 Å². The topological polar surface area (TPSA) is 20.5 Å². The van der Waals surface area contributed by atoms with E-state index in [1.54, 1.807) is 0 Å². The van der Waals surface area contributed by atoms with E-state index in [1.807, 2.05) is 6.07 Å². The van der Waals surface area contributed by atoms with Crippen LogP contribution in [-0.4, -0.2) is 9.38 Å². The molecule has 0 saturated heterocycles. The second-order valence-electron chi connectivity index (χ2n) is 12.2. The molecule has 3 nitrogen and oxygen atoms in total. The molecule has 2 heterocycles. The number of pyridine rings is 1. The summed E-state index contributed by atoms with van der Waals surface area (Å²) in [6.07, 6.45) is 0. The van der Waals surface area contributed by atoms with Gasteiger partial charge in [0.1, 0.15) is 5.65 Å². The van der Waals surface area contributed by atoms with E-state index in [0.717, 1.165) is 44.8 Å². The maximum Gasteiger partial charge on any atom is 0.146 e. The molecule has 0 aliphatic carbocycles. The third kappa shape index (κ3) is 4.39. The van der Waals surface area contributed by atoms with Crippen LogP contribution in [0.1, 0.15) is 11.1 Å². The Bertz CT molecular complexity index is 2660. The van der Waals surface area contributed by atoms with Gasteiger partial charge in [0.15, 0.2) is 0 Å². The highest BCUT2D eigenvalue weighted by Crippen LogP contribution is 2.38. The summed E-state index contributed by atoms with van der Waals surface area (Å²) in [6.45, 7) is 6.75. The first-order valence-corrected chi connectivity index (χ1v) is 16.0. The number of anilines is 2. The smallest absolute Gasteiger partial charge is 0.146 e. The van der Waals surface area contributed by atoms with Crippen LogP contribution in [0.15, 0.2) is 164 Å². The van der Waals surface area contributed by atoms with Crippen molar-refractivity contribution in [3.8, 4) is 11.1 Å². The zero-order valence-corrected chi connectivity index (χ0v) is 26.1. The fraction of sp³-hybridized carbons (Fsp3) is 0.0227. The van der Waals surface area contributed by atoms with Gasteiger partial charge in [-0.25, -0.2) is 4.98 Å². The third-order valence-corrected chi connectivity index (χ3v) is 9.41. The van der Waals surface area contributed by atoms with Crippen molar-refractivity contribution in [3.63, 3.8) is 0 Å². The molecule has 0 unspecified atom stereocenters. The summed E-state index contributed by atoms with van der Waals surface area (Å²) in [5, 5.41) is 5.98. The van der Waals surface area contributed by atoms with E-state index >= 15 is 0 Å². The standard InChI is InChI=1S/C44H31N3/c1-29-12-6-10-18-41(29)46(36-13-4-3-5-14-36)30(2)31-20-21-33-27-34(23-22-32(33)26-31)35-24-25-38-37-15-7-8-16-39(37)44-45-40-17-9-11-19-42(40)47(44)43(38)28-35/h3-28H,2H2,1H3. The Labute approximate surface area is 273 Å². The molecule has 0 aliphatic heterocycles. The maximum atomic E-state index is 5.07. The highest BCUT2D eigenvalue weighted by Gasteiger charge is 2.18. The van der Waals surface area contributed by atoms with Crippen molar-refractivity contribution in [2.75, 3.05) is 4.90 Å². The summed E-state index contributed by atoms with van der Waals surface area (Å²) in [4.78, 5) is 7.32. The molecule has 9 rings (SSSR count). The fourth-order valence-corrected chi connectivity index (χ4v) is 7.05. The average molecular weight is 602 g/mol. The van der Waals surface area contributed by atoms with Crippen molar-refractivity contribution in [1.82, 2.24) is 9.38 Å². The zero-order valence-electron chi connectivity index (χ0n) is 26.1. The van der Waals surface area contributed by atoms with Crippen molar-refractivity contribution in [2.45, 2.75) is 6.92 Å². The second kappa shape index (κ2) is 10.7. The van der Waals surface area contributed by atoms with Crippen LogP contribution in [0.5, 0.6) is 0 Å². The van der Waals surface area contributed by atoms with Gasteiger partial charge >= 0.3 is 0 Å². The van der Waals surface area contributed by atoms with Gasteiger partial charge in [-0.3, -0.25) is 4.40 Å². The molecule has 0 bridgehead atoms. The largest absolute Gasteiger partial charge is 0.310 e. The van der Waals surface area contributed by atoms with Crippen LogP contribution in [0.4, 0.5) is 11.4 Å². The minimum atomic E-state index is 0.940. The van der Waals surface area contributed by atoms with Gasteiger partial charge in [0.2, 0.25) is 0 Å². The molecule has 0 N–H and O–H groups in total. The second-order valence-corrected chi connectivity index (χ2v) is 12.2. The van der Waals surface area contributed by atoms with Crippen molar-refractivity contribution >= 4 is 66.2 Å². The van der Waals surface area contributed by atoms with Gasteiger partial charge in [0, 0.05) is 27.8 Å². The molecule has 0 aliphatic rings. The number of hydrogen-bond donors (Lipinski definition) is 0. The molecule has 0 radical (unpaired) electrons. The van der Waals surface area contributed by atoms with Crippen molar-refractivity contribution in [1.29, 1.82) is 0 Å². The first-order chi connectivity index (χ1) is 23.1. The van der Waals surface area contributed by atoms with Crippen LogP contribution in [-0.2, 0) is 0 Å². The third-order valence-electron chi connectivity index (χ3n) is 9.41. The number of para-hydroxylation sites is 4. The zero-order chi connectivity index (χ0) is 31.5. The van der Waals surface area contributed by atoms with Gasteiger partial charge in [-0.1, -0.05) is 116 Å². The fourth-order valence-electron chi connectivity index (χ4n) is 7.05. The Hall–Kier alpha value is -6.19. The Morgan fingerprint density at radius 3 is 2.13 bits per heavy atom. The summed E-state index contributed by atoms with van der Waals surface area (Å²) in [6, 6.07) is 56.2. The summed E-state index contributed by atoms with van der Waals surface area (Å²) in [5.41, 5.74) is 12.1. The summed E-state index contributed by atoms with van der Waals surface area (Å²) in [5.74, 6) is 0. The lowest BCUT2D eigenvalue weighted by molar-refractivity contribution is 1.26. The maximum absolute atomic E-state index is 5.07. The molecule has 222 valence electrons. The van der Waals surface area contributed by atoms with Crippen molar-refractivity contribution in [2.24, 2.45) is 0 Å². The predicted octanol–water partition coefficient (Wildman–Crippen LogP) is 11.7. The molecule has 3 heteroatoms. The Morgan fingerprint density at radius 2 is 1.26 bits per heavy atom. The van der Waals surface area contributed by atoms with E-state index in [0.29, 0.717) is 0 Å². The Kier molecular flexibility index (Phi) is 6.19. The number of fused-ring (bicyclic) bond motifs is 9. The number of hydrogen-bond acceptors (Lipinski definition) is 2. The number of imidazole rings is 1. The normalized spacial score (nSPS) is 11.6. The Balaban J connectivity index is 1.15. The molecule has 9 aromatic rings. The van der Waals surface area contributed by atoms with Gasteiger partial charge in [0.05, 0.1) is 16.6 Å². The van der Waals surface area contributed by atoms with Crippen LogP contribution in [0.2, 0.25) is 0 Å². The summed E-state index contributed by atoms with van der Waals surface area (Å²) < 4.78 is 2.32. The van der Waals surface area contributed by atoms with E-state index < -0.39 is 0 Å². The first kappa shape index (κ1) is 27.1. The molecule has 0 amide bonds. The quantitative estimate of drug-likeness (QED) is 0.183. The van der Waals surface area contributed by atoms with E-state index in [4.69, 9.17) is 4.98 Å². The minimum Gasteiger partial charge on any atom is -0.310 e. The molecule has 7 aromatic carbocycles. The lowest BCUT2D eigenvalue weighted by Crippen LogP contribution is -2.15. The molecule has 0 spiro atoms. The van der Waals surface area contributed by atoms with Crippen LogP contribution in [0, 0.1) is 6.92 Å². The van der Waals surface area contributed by atoms with Crippen molar-refractivity contribution < 1.29 is 0 Å². The van der Waals surface area contributed by atoms with E-state index in [-0.39, 0.29) is 0 Å². The number of aryl methyl sites for hydroxylation is 1. The number of rotatable bonds is 5. The number of nitrogens with zero attached hydrogens (tertiary/aromatic N) is 3. The van der Waals surface area contributed by atoms with Gasteiger partial charge < -0.3 is 4.90 Å². The SMILES string of the molecule is C=C(c1ccc2cc(-c3ccc4c5ccccc5c5nc6ccccc6n5c4c3)ccc2c1)N(c1ccccc1)c1ccccc1C. The molecular formula is C44H31N3. The van der Waals surface area contributed by atoms with Gasteiger partial charge in [-0.2, -0.15) is 0 Å². The minimum absolute atomic E-state index is 0.940. The number of benzene rings is 7. The lowest BCUT2D eigenvalue weighted by Gasteiger charge is -2.29. The van der Waals surface area contributed by atoms with Crippen LogP contribution in [0.3, 0.4) is 0 Å². The predicted molar refractivity (Wildman–Crippen MR) is 199 cm³/mol. The monoisotopic (exact) mass is 601 g/mol. The average Bonchev–Trinajstić information content (AvgIpc) is 3.53. The van der Waals surface area contributed by atoms with Crippen LogP contribution >= 0.6 is 0 Å². The molecule has 2 aromatic heterocycles. The molecule has 0 fully saturated rings. The van der Waals surface area contributed by atoms with Crippen molar-refractivity contribution in [3.05, 3.63) is 175 Å². The van der Waals surface area contributed by atoms with Gasteiger partial charge in [-0.15, -0.1) is 0 Å². The lowest BCUT2D eigenvalue weighted by atomic mass is 9.97.